The van der Waals surface area contributed by atoms with E-state index in [0.29, 0.717) is 5.56 Å². The van der Waals surface area contributed by atoms with Crippen LogP contribution in [0.1, 0.15) is 34.0 Å². The molecule has 0 aliphatic heterocycles. The van der Waals surface area contributed by atoms with E-state index in [4.69, 9.17) is 0 Å². The van der Waals surface area contributed by atoms with Gasteiger partial charge in [0.15, 0.2) is 5.16 Å². The number of nitrogens with one attached hydrogen (secondary N) is 1. The zero-order valence-corrected chi connectivity index (χ0v) is 16.1. The molecule has 0 aliphatic carbocycles. The maximum absolute atomic E-state index is 12.2. The van der Waals surface area contributed by atoms with Crippen molar-refractivity contribution in [1.82, 2.24) is 20.2 Å². The highest BCUT2D eigenvalue weighted by Crippen LogP contribution is 2.20. The van der Waals surface area contributed by atoms with Gasteiger partial charge in [0.05, 0.1) is 6.21 Å². The predicted octanol–water partition coefficient (Wildman–Crippen LogP) is 3.43. The molecule has 1 amide bonds. The summed E-state index contributed by atoms with van der Waals surface area (Å²) in [6, 6.07) is 15.6. The van der Waals surface area contributed by atoms with Gasteiger partial charge in [-0.15, -0.1) is 10.2 Å². The van der Waals surface area contributed by atoms with Crippen molar-refractivity contribution in [3.8, 4) is 0 Å². The molecule has 0 aliphatic rings. The number of nitrogens with zero attached hydrogens (tertiary/aromatic N) is 4. The van der Waals surface area contributed by atoms with E-state index in [0.717, 1.165) is 28.5 Å². The smallest absolute Gasteiger partial charge is 0.271 e. The van der Waals surface area contributed by atoms with Crippen LogP contribution in [0.4, 0.5) is 0 Å². The minimum Gasteiger partial charge on any atom is -0.312 e. The monoisotopic (exact) mass is 379 g/mol. The van der Waals surface area contributed by atoms with Gasteiger partial charge in [0.1, 0.15) is 6.33 Å². The quantitative estimate of drug-likeness (QED) is 0.388. The molecular weight excluding hydrogens is 358 g/mol. The van der Waals surface area contributed by atoms with Crippen molar-refractivity contribution in [2.24, 2.45) is 12.1 Å². The van der Waals surface area contributed by atoms with Crippen LogP contribution in [-0.4, -0.2) is 26.9 Å². The Morgan fingerprint density at radius 2 is 1.85 bits per heavy atom. The number of carbonyl (C=O) groups is 1. The summed E-state index contributed by atoms with van der Waals surface area (Å²) in [4.78, 5) is 12.2. The minimum atomic E-state index is -0.232. The molecule has 0 radical (unpaired) electrons. The Morgan fingerprint density at radius 3 is 2.48 bits per heavy atom. The van der Waals surface area contributed by atoms with E-state index in [1.54, 1.807) is 36.4 Å². The lowest BCUT2D eigenvalue weighted by Gasteiger charge is -2.03. The van der Waals surface area contributed by atoms with Crippen LogP contribution >= 0.6 is 11.8 Å². The Morgan fingerprint density at radius 1 is 1.15 bits per heavy atom. The lowest BCUT2D eigenvalue weighted by Crippen LogP contribution is -2.17. The largest absolute Gasteiger partial charge is 0.312 e. The van der Waals surface area contributed by atoms with Crippen LogP contribution < -0.4 is 5.43 Å². The Balaban J connectivity index is 1.52. The van der Waals surface area contributed by atoms with Gasteiger partial charge in [-0.1, -0.05) is 55.1 Å². The van der Waals surface area contributed by atoms with Crippen molar-refractivity contribution in [1.29, 1.82) is 0 Å². The van der Waals surface area contributed by atoms with E-state index >= 15 is 0 Å². The molecule has 3 rings (SSSR count). The Hall–Kier alpha value is -2.93. The van der Waals surface area contributed by atoms with Gasteiger partial charge in [0, 0.05) is 18.4 Å². The Bertz CT molecular complexity index is 916. The number of rotatable bonds is 7. The molecule has 0 atom stereocenters. The number of carbonyl (C=O) groups excluding carboxylic acids is 1. The fourth-order valence-electron chi connectivity index (χ4n) is 2.37. The second-order valence-electron chi connectivity index (χ2n) is 6.00. The molecule has 0 bridgehead atoms. The zero-order chi connectivity index (χ0) is 19.1. The highest BCUT2D eigenvalue weighted by molar-refractivity contribution is 7.98. The van der Waals surface area contributed by atoms with E-state index in [9.17, 15) is 4.79 Å². The molecule has 138 valence electrons. The Kier molecular flexibility index (Phi) is 6.38. The third-order valence-corrected chi connectivity index (χ3v) is 5.13. The van der Waals surface area contributed by atoms with Gasteiger partial charge in [-0.2, -0.15) is 5.10 Å². The van der Waals surface area contributed by atoms with Gasteiger partial charge >= 0.3 is 0 Å². The minimum absolute atomic E-state index is 0.232. The maximum Gasteiger partial charge on any atom is 0.271 e. The first-order valence-corrected chi connectivity index (χ1v) is 9.62. The van der Waals surface area contributed by atoms with Crippen LogP contribution in [0.5, 0.6) is 0 Å². The summed E-state index contributed by atoms with van der Waals surface area (Å²) in [7, 11) is 1.91. The summed E-state index contributed by atoms with van der Waals surface area (Å²) in [6.45, 7) is 2.11. The second kappa shape index (κ2) is 9.14. The first kappa shape index (κ1) is 18.8. The van der Waals surface area contributed by atoms with Crippen LogP contribution in [0.2, 0.25) is 0 Å². The van der Waals surface area contributed by atoms with Crippen molar-refractivity contribution < 1.29 is 4.79 Å². The summed E-state index contributed by atoms with van der Waals surface area (Å²) in [6.07, 6.45) is 4.32. The SMILES string of the molecule is CCc1ccc(/C=N/NC(=O)c2ccc(CSc3nncn3C)cc2)cc1. The summed E-state index contributed by atoms with van der Waals surface area (Å²) in [5.74, 6) is 0.532. The molecule has 1 N–H and O–H groups in total. The summed E-state index contributed by atoms with van der Waals surface area (Å²) in [5, 5.41) is 12.8. The van der Waals surface area contributed by atoms with Crippen molar-refractivity contribution in [3.63, 3.8) is 0 Å². The van der Waals surface area contributed by atoms with Crippen LogP contribution in [0, 0.1) is 0 Å². The molecule has 0 unspecified atom stereocenters. The van der Waals surface area contributed by atoms with E-state index in [1.165, 1.54) is 5.56 Å². The first-order valence-electron chi connectivity index (χ1n) is 8.64. The molecule has 0 spiro atoms. The molecular formula is C20H21N5OS. The summed E-state index contributed by atoms with van der Waals surface area (Å²) in [5.41, 5.74) is 6.46. The molecule has 1 aromatic heterocycles. The number of hydrogen-bond acceptors (Lipinski definition) is 5. The number of amides is 1. The zero-order valence-electron chi connectivity index (χ0n) is 15.3. The first-order chi connectivity index (χ1) is 13.2. The molecule has 0 saturated heterocycles. The van der Waals surface area contributed by atoms with Gasteiger partial charge in [-0.05, 0) is 35.2 Å². The predicted molar refractivity (Wildman–Crippen MR) is 108 cm³/mol. The number of hydrogen-bond donors (Lipinski definition) is 1. The fourth-order valence-corrected chi connectivity index (χ4v) is 3.22. The van der Waals surface area contributed by atoms with E-state index in [2.05, 4.69) is 39.8 Å². The number of benzene rings is 2. The van der Waals surface area contributed by atoms with Gasteiger partial charge in [-0.3, -0.25) is 4.79 Å². The van der Waals surface area contributed by atoms with Crippen molar-refractivity contribution in [2.75, 3.05) is 0 Å². The van der Waals surface area contributed by atoms with Gasteiger partial charge in [0.25, 0.3) is 5.91 Å². The van der Waals surface area contributed by atoms with Gasteiger partial charge in [-0.25, -0.2) is 5.43 Å². The van der Waals surface area contributed by atoms with Crippen molar-refractivity contribution in [2.45, 2.75) is 24.3 Å². The van der Waals surface area contributed by atoms with Crippen LogP contribution in [0.15, 0.2) is 65.1 Å². The summed E-state index contributed by atoms with van der Waals surface area (Å²) >= 11 is 1.60. The summed E-state index contributed by atoms with van der Waals surface area (Å²) < 4.78 is 1.88. The normalized spacial score (nSPS) is 11.0. The molecule has 27 heavy (non-hydrogen) atoms. The van der Waals surface area contributed by atoms with Gasteiger partial charge in [0.2, 0.25) is 0 Å². The van der Waals surface area contributed by atoms with E-state index in [-0.39, 0.29) is 5.91 Å². The Labute approximate surface area is 162 Å². The van der Waals surface area contributed by atoms with E-state index < -0.39 is 0 Å². The third kappa shape index (κ3) is 5.27. The number of aromatic nitrogens is 3. The highest BCUT2D eigenvalue weighted by atomic mass is 32.2. The average Bonchev–Trinajstić information content (AvgIpc) is 3.12. The fraction of sp³-hybridized carbons (Fsp3) is 0.200. The number of thioether (sulfide) groups is 1. The van der Waals surface area contributed by atoms with Crippen LogP contribution in [0.25, 0.3) is 0 Å². The highest BCUT2D eigenvalue weighted by Gasteiger charge is 2.06. The molecule has 1 heterocycles. The van der Waals surface area contributed by atoms with Crippen LogP contribution in [-0.2, 0) is 19.2 Å². The molecule has 3 aromatic rings. The lowest BCUT2D eigenvalue weighted by molar-refractivity contribution is 0.0955. The third-order valence-electron chi connectivity index (χ3n) is 4.02. The topological polar surface area (TPSA) is 72.2 Å². The van der Waals surface area contributed by atoms with Crippen molar-refractivity contribution >= 4 is 23.9 Å². The molecule has 7 heteroatoms. The molecule has 0 saturated carbocycles. The molecule has 2 aromatic carbocycles. The second-order valence-corrected chi connectivity index (χ2v) is 6.95. The maximum atomic E-state index is 12.2. The lowest BCUT2D eigenvalue weighted by atomic mass is 10.1. The number of hydrazone groups is 1. The standard InChI is InChI=1S/C20H21N5OS/c1-3-15-4-6-16(7-5-15)12-21-23-19(26)18-10-8-17(9-11-18)13-27-20-24-22-14-25(20)2/h4-12,14H,3,13H2,1-2H3,(H,23,26)/b21-12+. The molecule has 6 nitrogen and oxygen atoms in total. The van der Waals surface area contributed by atoms with E-state index in [1.807, 2.05) is 35.9 Å². The number of aryl methyl sites for hydroxylation is 2. The average molecular weight is 379 g/mol. The molecule has 0 fully saturated rings. The van der Waals surface area contributed by atoms with Gasteiger partial charge < -0.3 is 4.57 Å². The van der Waals surface area contributed by atoms with Crippen molar-refractivity contribution in [3.05, 3.63) is 77.1 Å². The van der Waals surface area contributed by atoms with Crippen LogP contribution in [0.3, 0.4) is 0 Å².